The van der Waals surface area contributed by atoms with Crippen LogP contribution in [0, 0.1) is 0 Å². The van der Waals surface area contributed by atoms with Crippen molar-refractivity contribution in [1.82, 2.24) is 20.4 Å². The number of hydrogen-bond acceptors (Lipinski definition) is 9. The van der Waals surface area contributed by atoms with Crippen LogP contribution in [0.15, 0.2) is 34.2 Å². The third-order valence-electron chi connectivity index (χ3n) is 5.07. The topological polar surface area (TPSA) is 122 Å². The van der Waals surface area contributed by atoms with Crippen LogP contribution in [-0.4, -0.2) is 51.9 Å². The molecule has 10 nitrogen and oxygen atoms in total. The summed E-state index contributed by atoms with van der Waals surface area (Å²) in [4.78, 5) is 37.2. The molecule has 188 valence electrons. The van der Waals surface area contributed by atoms with E-state index in [4.69, 9.17) is 4.74 Å². The molecule has 2 aromatic rings. The van der Waals surface area contributed by atoms with Gasteiger partial charge >= 0.3 is 18.1 Å². The van der Waals surface area contributed by atoms with Gasteiger partial charge in [-0.05, 0) is 41.4 Å². The number of aromatic nitrogens is 3. The van der Waals surface area contributed by atoms with Crippen molar-refractivity contribution in [2.45, 2.75) is 51.2 Å². The lowest BCUT2D eigenvalue weighted by Gasteiger charge is -2.30. The molecule has 1 amide bonds. The number of carbonyl (C=O) groups excluding carboxylic acids is 2. The molecule has 1 aliphatic heterocycles. The number of anilines is 2. The standard InChI is InChI=1S/C21H23BrF3N7O3/c1-3-6-12-16(27-11-28-17(12)30-31-20(34)21(23,24)25)15(19(33)35-4-2)14-8-10-29-32(14)18-13(22)7-5-9-26-18/h5,7,9-11,14-15H,3-4,6,8H2,1-2H3,(H,31,34)(H,27,28,30). The van der Waals surface area contributed by atoms with Gasteiger partial charge in [0.05, 0.1) is 22.8 Å². The maximum absolute atomic E-state index is 13.2. The molecule has 0 bridgehead atoms. The normalized spacial score (nSPS) is 16.2. The zero-order chi connectivity index (χ0) is 25.6. The van der Waals surface area contributed by atoms with Crippen LogP contribution in [0.1, 0.15) is 43.9 Å². The van der Waals surface area contributed by atoms with Crippen LogP contribution in [-0.2, 0) is 20.7 Å². The Kier molecular flexibility index (Phi) is 8.59. The van der Waals surface area contributed by atoms with Crippen LogP contribution in [0.2, 0.25) is 0 Å². The van der Waals surface area contributed by atoms with Crippen molar-refractivity contribution in [2.24, 2.45) is 5.10 Å². The highest BCUT2D eigenvalue weighted by Gasteiger charge is 2.42. The van der Waals surface area contributed by atoms with Crippen LogP contribution in [0.4, 0.5) is 24.8 Å². The molecule has 1 aliphatic rings. The molecule has 3 heterocycles. The lowest BCUT2D eigenvalue weighted by Crippen LogP contribution is -2.41. The van der Waals surface area contributed by atoms with Gasteiger partial charge in [-0.1, -0.05) is 13.3 Å². The predicted octanol–water partition coefficient (Wildman–Crippen LogP) is 3.50. The van der Waals surface area contributed by atoms with Gasteiger partial charge in [0.2, 0.25) is 0 Å². The maximum Gasteiger partial charge on any atom is 0.472 e. The SMILES string of the molecule is CCCc1c(NNC(=O)C(F)(F)F)ncnc1C(C(=O)OCC)C1CC=NN1c1ncccc1Br. The third kappa shape index (κ3) is 6.05. The van der Waals surface area contributed by atoms with Crippen LogP contribution in [0.3, 0.4) is 0 Å². The number of amides is 1. The van der Waals surface area contributed by atoms with E-state index in [0.717, 1.165) is 6.33 Å². The Morgan fingerprint density at radius 2 is 2.06 bits per heavy atom. The molecule has 0 aliphatic carbocycles. The molecule has 0 saturated carbocycles. The fourth-order valence-electron chi connectivity index (χ4n) is 3.63. The number of hydrazine groups is 1. The number of nitrogens with zero attached hydrogens (tertiary/aromatic N) is 5. The minimum Gasteiger partial charge on any atom is -0.465 e. The Morgan fingerprint density at radius 3 is 2.71 bits per heavy atom. The first-order valence-electron chi connectivity index (χ1n) is 10.7. The Bertz CT molecular complexity index is 1100. The van der Waals surface area contributed by atoms with E-state index in [-0.39, 0.29) is 18.1 Å². The molecule has 3 rings (SSSR count). The average Bonchev–Trinajstić information content (AvgIpc) is 3.28. The van der Waals surface area contributed by atoms with Gasteiger partial charge in [0.15, 0.2) is 11.6 Å². The van der Waals surface area contributed by atoms with Gasteiger partial charge in [0, 0.05) is 24.4 Å². The first-order chi connectivity index (χ1) is 16.7. The molecule has 0 aromatic carbocycles. The molecule has 0 spiro atoms. The largest absolute Gasteiger partial charge is 0.472 e. The molecule has 2 atom stereocenters. The van der Waals surface area contributed by atoms with Gasteiger partial charge in [-0.25, -0.2) is 20.0 Å². The summed E-state index contributed by atoms with van der Waals surface area (Å²) in [5.74, 6) is -3.32. The van der Waals surface area contributed by atoms with Crippen molar-refractivity contribution in [3.05, 3.63) is 40.4 Å². The van der Waals surface area contributed by atoms with E-state index in [1.807, 2.05) is 6.92 Å². The highest BCUT2D eigenvalue weighted by molar-refractivity contribution is 9.10. The first-order valence-corrected chi connectivity index (χ1v) is 11.5. The zero-order valence-electron chi connectivity index (χ0n) is 18.8. The Morgan fingerprint density at radius 1 is 1.29 bits per heavy atom. The Hall–Kier alpha value is -3.29. The number of esters is 1. The summed E-state index contributed by atoms with van der Waals surface area (Å²) >= 11 is 3.45. The molecule has 35 heavy (non-hydrogen) atoms. The summed E-state index contributed by atoms with van der Waals surface area (Å²) in [6, 6.07) is 2.94. The number of alkyl halides is 3. The number of hydrogen-bond donors (Lipinski definition) is 2. The summed E-state index contributed by atoms with van der Waals surface area (Å²) in [6.07, 6.45) is 0.490. The number of pyridine rings is 1. The molecular weight excluding hydrogens is 535 g/mol. The molecular formula is C21H23BrF3N7O3. The predicted molar refractivity (Wildman–Crippen MR) is 125 cm³/mol. The van der Waals surface area contributed by atoms with Gasteiger partial charge in [-0.15, -0.1) is 0 Å². The van der Waals surface area contributed by atoms with Gasteiger partial charge in [0.1, 0.15) is 12.2 Å². The molecule has 14 heteroatoms. The maximum atomic E-state index is 13.2. The second-order valence-corrected chi connectivity index (χ2v) is 8.25. The number of carbonyl (C=O) groups is 2. The molecule has 0 fully saturated rings. The van der Waals surface area contributed by atoms with E-state index >= 15 is 0 Å². The van der Waals surface area contributed by atoms with Crippen LogP contribution in [0.5, 0.6) is 0 Å². The van der Waals surface area contributed by atoms with Crippen molar-refractivity contribution in [3.63, 3.8) is 0 Å². The Labute approximate surface area is 207 Å². The minimum absolute atomic E-state index is 0.0479. The summed E-state index contributed by atoms with van der Waals surface area (Å²) in [5, 5.41) is 5.97. The third-order valence-corrected chi connectivity index (χ3v) is 5.69. The summed E-state index contributed by atoms with van der Waals surface area (Å²) in [6.45, 7) is 3.63. The number of hydrazone groups is 1. The first kappa shape index (κ1) is 26.3. The zero-order valence-corrected chi connectivity index (χ0v) is 20.4. The Balaban J connectivity index is 2.05. The summed E-state index contributed by atoms with van der Waals surface area (Å²) in [5.41, 5.74) is 4.46. The number of nitrogens with one attached hydrogen (secondary N) is 2. The number of rotatable bonds is 9. The van der Waals surface area contributed by atoms with Gasteiger partial charge in [0.25, 0.3) is 0 Å². The number of halogens is 4. The van der Waals surface area contributed by atoms with Crippen molar-refractivity contribution in [2.75, 3.05) is 17.0 Å². The quantitative estimate of drug-likeness (QED) is 0.355. The average molecular weight is 558 g/mol. The molecule has 2 unspecified atom stereocenters. The van der Waals surface area contributed by atoms with Crippen molar-refractivity contribution in [1.29, 1.82) is 0 Å². The lowest BCUT2D eigenvalue weighted by atomic mass is 9.89. The van der Waals surface area contributed by atoms with E-state index in [1.54, 1.807) is 41.9 Å². The number of ether oxygens (including phenoxy) is 1. The van der Waals surface area contributed by atoms with E-state index in [0.29, 0.717) is 35.1 Å². The van der Waals surface area contributed by atoms with Crippen LogP contribution in [0.25, 0.3) is 0 Å². The summed E-state index contributed by atoms with van der Waals surface area (Å²) < 4.78 is 44.0. The molecule has 0 saturated heterocycles. The van der Waals surface area contributed by atoms with Crippen molar-refractivity contribution < 1.29 is 27.5 Å². The highest BCUT2D eigenvalue weighted by Crippen LogP contribution is 2.37. The monoisotopic (exact) mass is 557 g/mol. The summed E-state index contributed by atoms with van der Waals surface area (Å²) in [7, 11) is 0. The van der Waals surface area contributed by atoms with Gasteiger partial charge in [-0.3, -0.25) is 20.4 Å². The van der Waals surface area contributed by atoms with Gasteiger partial charge in [-0.2, -0.15) is 18.3 Å². The minimum atomic E-state index is -5.08. The van der Waals surface area contributed by atoms with Crippen LogP contribution < -0.4 is 15.9 Å². The highest BCUT2D eigenvalue weighted by atomic mass is 79.9. The molecule has 0 radical (unpaired) electrons. The lowest BCUT2D eigenvalue weighted by molar-refractivity contribution is -0.173. The van der Waals surface area contributed by atoms with E-state index in [1.165, 1.54) is 0 Å². The van der Waals surface area contributed by atoms with E-state index in [9.17, 15) is 22.8 Å². The fraction of sp³-hybridized carbons (Fsp3) is 0.429. The van der Waals surface area contributed by atoms with Gasteiger partial charge < -0.3 is 4.74 Å². The van der Waals surface area contributed by atoms with Crippen molar-refractivity contribution >= 4 is 45.7 Å². The second kappa shape index (κ2) is 11.4. The van der Waals surface area contributed by atoms with Crippen LogP contribution >= 0.6 is 15.9 Å². The van der Waals surface area contributed by atoms with Crippen molar-refractivity contribution in [3.8, 4) is 0 Å². The molecule has 2 N–H and O–H groups in total. The van der Waals surface area contributed by atoms with E-state index < -0.39 is 30.0 Å². The fourth-order valence-corrected chi connectivity index (χ4v) is 4.07. The second-order valence-electron chi connectivity index (χ2n) is 7.40. The molecule has 2 aromatic heterocycles. The van der Waals surface area contributed by atoms with E-state index in [2.05, 4.69) is 41.4 Å². The smallest absolute Gasteiger partial charge is 0.465 e.